The van der Waals surface area contributed by atoms with Crippen molar-refractivity contribution in [2.24, 2.45) is 0 Å². The summed E-state index contributed by atoms with van der Waals surface area (Å²) in [5.74, 6) is -0.626. The minimum atomic E-state index is -0.626. The van der Waals surface area contributed by atoms with E-state index in [0.717, 1.165) is 12.2 Å². The molecule has 0 N–H and O–H groups in total. The van der Waals surface area contributed by atoms with Gasteiger partial charge in [0.1, 0.15) is 24.4 Å². The van der Waals surface area contributed by atoms with Crippen molar-refractivity contribution in [2.75, 3.05) is 6.61 Å². The second-order valence-electron chi connectivity index (χ2n) is 6.20. The Bertz CT molecular complexity index is 499. The van der Waals surface area contributed by atoms with Crippen LogP contribution in [0.15, 0.2) is 30.3 Å². The van der Waals surface area contributed by atoms with Gasteiger partial charge in [0.05, 0.1) is 13.2 Å². The van der Waals surface area contributed by atoms with Crippen LogP contribution in [0.5, 0.6) is 0 Å². The lowest BCUT2D eigenvalue weighted by atomic mass is 10.1. The van der Waals surface area contributed by atoms with Crippen LogP contribution in [0.4, 0.5) is 0 Å². The molecular weight excluding hydrogens is 272 g/mol. The molecule has 4 rings (SSSR count). The Labute approximate surface area is 124 Å². The van der Waals surface area contributed by atoms with Gasteiger partial charge in [-0.05, 0) is 19.4 Å². The topological polar surface area (TPSA) is 49.5 Å². The predicted octanol–water partition coefficient (Wildman–Crippen LogP) is 1.85. The summed E-state index contributed by atoms with van der Waals surface area (Å²) in [6, 6.07) is 10.1. The van der Waals surface area contributed by atoms with E-state index < -0.39 is 5.79 Å². The van der Waals surface area contributed by atoms with Gasteiger partial charge in [-0.15, -0.1) is 0 Å². The Balaban J connectivity index is 1.47. The van der Waals surface area contributed by atoms with Crippen LogP contribution >= 0.6 is 0 Å². The minimum Gasteiger partial charge on any atom is -0.370 e. The summed E-state index contributed by atoms with van der Waals surface area (Å²) in [6.07, 6.45) is -0.733. The molecule has 1 aromatic carbocycles. The highest BCUT2D eigenvalue weighted by Crippen LogP contribution is 2.42. The molecule has 0 spiro atoms. The lowest BCUT2D eigenvalue weighted by Gasteiger charge is -2.25. The Morgan fingerprint density at radius 2 is 1.90 bits per heavy atom. The number of ether oxygens (including phenoxy) is 5. The Morgan fingerprint density at radius 3 is 2.62 bits per heavy atom. The molecule has 21 heavy (non-hydrogen) atoms. The van der Waals surface area contributed by atoms with Gasteiger partial charge >= 0.3 is 0 Å². The monoisotopic (exact) mass is 292 g/mol. The van der Waals surface area contributed by atoms with Gasteiger partial charge < -0.3 is 23.7 Å². The largest absolute Gasteiger partial charge is 0.370 e. The molecule has 0 bridgehead atoms. The van der Waals surface area contributed by atoms with Gasteiger partial charge in [-0.1, -0.05) is 30.3 Å². The Morgan fingerprint density at radius 1 is 1.14 bits per heavy atom. The van der Waals surface area contributed by atoms with Crippen LogP contribution in [0, 0.1) is 0 Å². The third kappa shape index (κ3) is 2.72. The third-order valence-electron chi connectivity index (χ3n) is 4.04. The molecule has 5 atom stereocenters. The second kappa shape index (κ2) is 5.04. The highest BCUT2D eigenvalue weighted by molar-refractivity contribution is 5.13. The first kappa shape index (κ1) is 13.7. The van der Waals surface area contributed by atoms with Crippen molar-refractivity contribution in [3.63, 3.8) is 0 Å². The van der Waals surface area contributed by atoms with Crippen LogP contribution in [0.1, 0.15) is 19.4 Å². The van der Waals surface area contributed by atoms with E-state index in [1.165, 1.54) is 0 Å². The highest BCUT2D eigenvalue weighted by Gasteiger charge is 2.59. The van der Waals surface area contributed by atoms with E-state index in [1.54, 1.807) is 0 Å². The van der Waals surface area contributed by atoms with E-state index in [4.69, 9.17) is 23.7 Å². The molecule has 2 unspecified atom stereocenters. The maximum Gasteiger partial charge on any atom is 0.190 e. The maximum atomic E-state index is 6.10. The van der Waals surface area contributed by atoms with Gasteiger partial charge in [-0.25, -0.2) is 0 Å². The smallest absolute Gasteiger partial charge is 0.190 e. The van der Waals surface area contributed by atoms with Gasteiger partial charge in [0.25, 0.3) is 0 Å². The van der Waals surface area contributed by atoms with Crippen molar-refractivity contribution in [3.8, 4) is 0 Å². The van der Waals surface area contributed by atoms with Crippen LogP contribution in [-0.2, 0) is 30.3 Å². The predicted molar refractivity (Wildman–Crippen MR) is 73.5 cm³/mol. The first-order valence-electron chi connectivity index (χ1n) is 7.41. The van der Waals surface area contributed by atoms with Crippen molar-refractivity contribution in [1.29, 1.82) is 0 Å². The van der Waals surface area contributed by atoms with Crippen LogP contribution in [0.2, 0.25) is 0 Å². The van der Waals surface area contributed by atoms with Gasteiger partial charge in [-0.3, -0.25) is 0 Å². The minimum absolute atomic E-state index is 0.103. The molecule has 0 aromatic heterocycles. The molecule has 3 aliphatic rings. The van der Waals surface area contributed by atoms with Crippen LogP contribution < -0.4 is 0 Å². The summed E-state index contributed by atoms with van der Waals surface area (Å²) in [5, 5.41) is 0. The number of hydrogen-bond donors (Lipinski definition) is 0. The van der Waals surface area contributed by atoms with E-state index in [2.05, 4.69) is 0 Å². The quantitative estimate of drug-likeness (QED) is 0.793. The summed E-state index contributed by atoms with van der Waals surface area (Å²) in [6.45, 7) is 5.04. The molecule has 114 valence electrons. The molecule has 0 amide bonds. The van der Waals surface area contributed by atoms with Crippen molar-refractivity contribution in [3.05, 3.63) is 35.9 Å². The number of epoxide rings is 1. The zero-order valence-corrected chi connectivity index (χ0v) is 12.2. The summed E-state index contributed by atoms with van der Waals surface area (Å²) in [4.78, 5) is 0. The second-order valence-corrected chi connectivity index (χ2v) is 6.20. The summed E-state index contributed by atoms with van der Waals surface area (Å²) in [5.41, 5.74) is 1.13. The van der Waals surface area contributed by atoms with E-state index >= 15 is 0 Å². The SMILES string of the molecule is CC1(C)OC2[C@@H](O[C@@H](C3CO3)[C@@H]2OCc2ccccc2)O1. The molecule has 5 heteroatoms. The van der Waals surface area contributed by atoms with Crippen LogP contribution in [0.3, 0.4) is 0 Å². The standard InChI is InChI=1S/C16H20O5/c1-16(2)20-14-13(18-8-10-6-4-3-5-7-10)12(11-9-17-11)19-15(14)21-16/h3-7,11-15H,8-9H2,1-2H3/t11?,12-,13-,14?,15-/m0/s1. The first-order valence-corrected chi connectivity index (χ1v) is 7.41. The van der Waals surface area contributed by atoms with Gasteiger partial charge in [-0.2, -0.15) is 0 Å². The van der Waals surface area contributed by atoms with Crippen molar-refractivity contribution in [1.82, 2.24) is 0 Å². The molecule has 3 fully saturated rings. The van der Waals surface area contributed by atoms with Gasteiger partial charge in [0.2, 0.25) is 0 Å². The summed E-state index contributed by atoms with van der Waals surface area (Å²) >= 11 is 0. The lowest BCUT2D eigenvalue weighted by Crippen LogP contribution is -2.39. The molecule has 0 saturated carbocycles. The zero-order valence-electron chi connectivity index (χ0n) is 12.2. The average Bonchev–Trinajstić information content (AvgIpc) is 3.18. The number of fused-ring (bicyclic) bond motifs is 1. The Hall–Kier alpha value is -0.980. The molecule has 0 radical (unpaired) electrons. The fourth-order valence-corrected chi connectivity index (χ4v) is 3.01. The molecule has 1 aromatic rings. The van der Waals surface area contributed by atoms with Gasteiger partial charge in [0, 0.05) is 0 Å². The fourth-order valence-electron chi connectivity index (χ4n) is 3.01. The number of hydrogen-bond acceptors (Lipinski definition) is 5. The first-order chi connectivity index (χ1) is 10.1. The summed E-state index contributed by atoms with van der Waals surface area (Å²) < 4.78 is 29.2. The fraction of sp³-hybridized carbons (Fsp3) is 0.625. The highest BCUT2D eigenvalue weighted by atomic mass is 16.8. The van der Waals surface area contributed by atoms with E-state index in [9.17, 15) is 0 Å². The molecule has 0 aliphatic carbocycles. The molecule has 3 saturated heterocycles. The lowest BCUT2D eigenvalue weighted by molar-refractivity contribution is -0.221. The zero-order chi connectivity index (χ0) is 14.4. The maximum absolute atomic E-state index is 6.10. The molecule has 5 nitrogen and oxygen atoms in total. The Kier molecular flexibility index (Phi) is 3.28. The van der Waals surface area contributed by atoms with Gasteiger partial charge in [0.15, 0.2) is 12.1 Å². The summed E-state index contributed by atoms with van der Waals surface area (Å²) in [7, 11) is 0. The molecule has 3 heterocycles. The average molecular weight is 292 g/mol. The van der Waals surface area contributed by atoms with Crippen molar-refractivity contribution < 1.29 is 23.7 Å². The van der Waals surface area contributed by atoms with E-state index in [-0.39, 0.29) is 30.7 Å². The number of benzene rings is 1. The number of rotatable bonds is 4. The normalized spacial score (nSPS) is 40.2. The molecular formula is C16H20O5. The van der Waals surface area contributed by atoms with Crippen molar-refractivity contribution in [2.45, 2.75) is 56.9 Å². The van der Waals surface area contributed by atoms with Crippen LogP contribution in [-0.4, -0.2) is 43.1 Å². The van der Waals surface area contributed by atoms with Crippen molar-refractivity contribution >= 4 is 0 Å². The third-order valence-corrected chi connectivity index (χ3v) is 4.04. The van der Waals surface area contributed by atoms with Crippen LogP contribution in [0.25, 0.3) is 0 Å². The molecule has 3 aliphatic heterocycles. The van der Waals surface area contributed by atoms with E-state index in [0.29, 0.717) is 6.61 Å². The van der Waals surface area contributed by atoms with E-state index in [1.807, 2.05) is 44.2 Å².